The zero-order chi connectivity index (χ0) is 9.42. The van der Waals surface area contributed by atoms with Crippen LogP contribution in [0.4, 0.5) is 0 Å². The van der Waals surface area contributed by atoms with Crippen molar-refractivity contribution < 1.29 is 0 Å². The zero-order valence-electron chi connectivity index (χ0n) is 7.05. The average Bonchev–Trinajstić information content (AvgIpc) is 2.51. The second kappa shape index (κ2) is 3.28. The standard InChI is InChI=1S/C10H9IN2/c11-8-3-1-6(5-12)10-7(8)2-4-9(10)13/h1,3,9H,2,4,13H2/t9-/m0/s1. The largest absolute Gasteiger partial charge is 0.324 e. The molecule has 13 heavy (non-hydrogen) atoms. The molecule has 0 bridgehead atoms. The van der Waals surface area contributed by atoms with Crippen molar-refractivity contribution in [1.29, 1.82) is 5.26 Å². The molecule has 1 atom stereocenters. The van der Waals surface area contributed by atoms with Crippen LogP contribution in [0.5, 0.6) is 0 Å². The highest BCUT2D eigenvalue weighted by atomic mass is 127. The summed E-state index contributed by atoms with van der Waals surface area (Å²) >= 11 is 2.30. The lowest BCUT2D eigenvalue weighted by Gasteiger charge is -2.07. The molecule has 0 amide bonds. The van der Waals surface area contributed by atoms with E-state index in [4.69, 9.17) is 11.0 Å². The van der Waals surface area contributed by atoms with Gasteiger partial charge in [-0.1, -0.05) is 0 Å². The third-order valence-electron chi connectivity index (χ3n) is 2.50. The highest BCUT2D eigenvalue weighted by Gasteiger charge is 2.24. The Labute approximate surface area is 90.9 Å². The third kappa shape index (κ3) is 1.34. The van der Waals surface area contributed by atoms with Crippen LogP contribution in [0.1, 0.15) is 29.2 Å². The Morgan fingerprint density at radius 1 is 1.54 bits per heavy atom. The Morgan fingerprint density at radius 2 is 2.31 bits per heavy atom. The van der Waals surface area contributed by atoms with E-state index in [9.17, 15) is 0 Å². The summed E-state index contributed by atoms with van der Waals surface area (Å²) in [6, 6.07) is 6.13. The van der Waals surface area contributed by atoms with Crippen molar-refractivity contribution in [2.75, 3.05) is 0 Å². The summed E-state index contributed by atoms with van der Waals surface area (Å²) in [5, 5.41) is 8.90. The van der Waals surface area contributed by atoms with Crippen molar-refractivity contribution in [2.24, 2.45) is 5.73 Å². The Kier molecular flexibility index (Phi) is 2.26. The molecular formula is C10H9IN2. The first-order chi connectivity index (χ1) is 6.24. The molecular weight excluding hydrogens is 275 g/mol. The number of nitrogens with two attached hydrogens (primary N) is 1. The van der Waals surface area contributed by atoms with Gasteiger partial charge in [-0.15, -0.1) is 0 Å². The molecule has 0 saturated carbocycles. The molecule has 0 radical (unpaired) electrons. The van der Waals surface area contributed by atoms with Gasteiger partial charge in [0.1, 0.15) is 0 Å². The SMILES string of the molecule is N#Cc1ccc(I)c2c1[C@@H](N)CC2. The van der Waals surface area contributed by atoms with Crippen LogP contribution >= 0.6 is 22.6 Å². The first kappa shape index (κ1) is 8.97. The van der Waals surface area contributed by atoms with Crippen LogP contribution in [0.2, 0.25) is 0 Å². The summed E-state index contributed by atoms with van der Waals surface area (Å²) in [5.74, 6) is 0. The molecule has 2 nitrogen and oxygen atoms in total. The number of halogens is 1. The minimum Gasteiger partial charge on any atom is -0.324 e. The minimum atomic E-state index is 0.0689. The fraction of sp³-hybridized carbons (Fsp3) is 0.300. The van der Waals surface area contributed by atoms with E-state index in [-0.39, 0.29) is 6.04 Å². The van der Waals surface area contributed by atoms with Gasteiger partial charge in [-0.05, 0) is 58.7 Å². The summed E-state index contributed by atoms with van der Waals surface area (Å²) < 4.78 is 1.24. The topological polar surface area (TPSA) is 49.8 Å². The first-order valence-corrected chi connectivity index (χ1v) is 5.29. The lowest BCUT2D eigenvalue weighted by atomic mass is 10.0. The van der Waals surface area contributed by atoms with Crippen LogP contribution in [0.25, 0.3) is 0 Å². The van der Waals surface area contributed by atoms with Gasteiger partial charge in [-0.25, -0.2) is 0 Å². The summed E-state index contributed by atoms with van der Waals surface area (Å²) in [6.07, 6.45) is 1.99. The van der Waals surface area contributed by atoms with E-state index in [0.29, 0.717) is 0 Å². The summed E-state index contributed by atoms with van der Waals surface area (Å²) in [7, 11) is 0. The van der Waals surface area contributed by atoms with Crippen molar-refractivity contribution in [1.82, 2.24) is 0 Å². The van der Waals surface area contributed by atoms with Gasteiger partial charge in [0, 0.05) is 9.61 Å². The monoisotopic (exact) mass is 284 g/mol. The van der Waals surface area contributed by atoms with E-state index in [0.717, 1.165) is 24.0 Å². The predicted octanol–water partition coefficient (Wildman–Crippen LogP) is 2.11. The second-order valence-corrected chi connectivity index (χ2v) is 4.41. The van der Waals surface area contributed by atoms with Gasteiger partial charge >= 0.3 is 0 Å². The normalized spacial score (nSPS) is 19.6. The van der Waals surface area contributed by atoms with E-state index in [1.807, 2.05) is 12.1 Å². The number of benzene rings is 1. The molecule has 0 spiro atoms. The van der Waals surface area contributed by atoms with Crippen molar-refractivity contribution in [2.45, 2.75) is 18.9 Å². The van der Waals surface area contributed by atoms with E-state index >= 15 is 0 Å². The quantitative estimate of drug-likeness (QED) is 0.742. The summed E-state index contributed by atoms with van der Waals surface area (Å²) in [4.78, 5) is 0. The molecule has 1 aliphatic rings. The number of nitrogens with zero attached hydrogens (tertiary/aromatic N) is 1. The minimum absolute atomic E-state index is 0.0689. The molecule has 3 heteroatoms. The van der Waals surface area contributed by atoms with Crippen molar-refractivity contribution in [3.63, 3.8) is 0 Å². The summed E-state index contributed by atoms with van der Waals surface area (Å²) in [6.45, 7) is 0. The fourth-order valence-electron chi connectivity index (χ4n) is 1.86. The van der Waals surface area contributed by atoms with Crippen molar-refractivity contribution >= 4 is 22.6 Å². The van der Waals surface area contributed by atoms with Crippen LogP contribution < -0.4 is 5.73 Å². The van der Waals surface area contributed by atoms with Crippen LogP contribution in [-0.2, 0) is 6.42 Å². The van der Waals surface area contributed by atoms with Crippen molar-refractivity contribution in [3.05, 3.63) is 32.4 Å². The molecule has 0 fully saturated rings. The number of hydrogen-bond donors (Lipinski definition) is 1. The van der Waals surface area contributed by atoms with E-state index in [1.54, 1.807) is 0 Å². The maximum Gasteiger partial charge on any atom is 0.0995 e. The van der Waals surface area contributed by atoms with Gasteiger partial charge in [-0.3, -0.25) is 0 Å². The molecule has 66 valence electrons. The van der Waals surface area contributed by atoms with Gasteiger partial charge in [0.15, 0.2) is 0 Å². The van der Waals surface area contributed by atoms with Gasteiger partial charge < -0.3 is 5.73 Å². The lowest BCUT2D eigenvalue weighted by Crippen LogP contribution is -2.07. The molecule has 0 saturated heterocycles. The van der Waals surface area contributed by atoms with Crippen LogP contribution in [0, 0.1) is 14.9 Å². The van der Waals surface area contributed by atoms with Gasteiger partial charge in [0.05, 0.1) is 11.6 Å². The smallest absolute Gasteiger partial charge is 0.0995 e. The Balaban J connectivity index is 2.68. The molecule has 2 rings (SSSR count). The molecule has 2 N–H and O–H groups in total. The molecule has 1 aromatic rings. The Morgan fingerprint density at radius 3 is 3.00 bits per heavy atom. The number of nitriles is 1. The van der Waals surface area contributed by atoms with Gasteiger partial charge in [-0.2, -0.15) is 5.26 Å². The maximum atomic E-state index is 8.90. The molecule has 0 heterocycles. The van der Waals surface area contributed by atoms with Crippen molar-refractivity contribution in [3.8, 4) is 6.07 Å². The lowest BCUT2D eigenvalue weighted by molar-refractivity contribution is 0.712. The number of fused-ring (bicyclic) bond motifs is 1. The van der Waals surface area contributed by atoms with E-state index in [2.05, 4.69) is 28.7 Å². The van der Waals surface area contributed by atoms with Gasteiger partial charge in [0.2, 0.25) is 0 Å². The molecule has 0 unspecified atom stereocenters. The Bertz CT molecular complexity index is 393. The number of hydrogen-bond acceptors (Lipinski definition) is 2. The van der Waals surface area contributed by atoms with Crippen LogP contribution in [0.15, 0.2) is 12.1 Å². The molecule has 0 aromatic heterocycles. The van der Waals surface area contributed by atoms with Crippen LogP contribution in [-0.4, -0.2) is 0 Å². The van der Waals surface area contributed by atoms with Crippen LogP contribution in [0.3, 0.4) is 0 Å². The molecule has 0 aliphatic heterocycles. The predicted molar refractivity (Wildman–Crippen MR) is 59.1 cm³/mol. The highest BCUT2D eigenvalue weighted by Crippen LogP contribution is 2.34. The van der Waals surface area contributed by atoms with E-state index in [1.165, 1.54) is 9.13 Å². The zero-order valence-corrected chi connectivity index (χ0v) is 9.21. The highest BCUT2D eigenvalue weighted by molar-refractivity contribution is 14.1. The van der Waals surface area contributed by atoms with E-state index < -0.39 is 0 Å². The molecule has 1 aromatic carbocycles. The van der Waals surface area contributed by atoms with Gasteiger partial charge in [0.25, 0.3) is 0 Å². The first-order valence-electron chi connectivity index (χ1n) is 4.21. The maximum absolute atomic E-state index is 8.90. The fourth-order valence-corrected chi connectivity index (χ4v) is 2.60. The second-order valence-electron chi connectivity index (χ2n) is 3.24. The third-order valence-corrected chi connectivity index (χ3v) is 3.51. The average molecular weight is 284 g/mol. The summed E-state index contributed by atoms with van der Waals surface area (Å²) in [5.41, 5.74) is 9.05. The molecule has 1 aliphatic carbocycles. The Hall–Kier alpha value is -0.600. The number of rotatable bonds is 0.